The normalized spacial score (nSPS) is 10.5. The number of thiophene rings is 1. The topological polar surface area (TPSA) is 43.4 Å². The molecule has 0 saturated heterocycles. The van der Waals surface area contributed by atoms with Gasteiger partial charge in [-0.3, -0.25) is 0 Å². The second kappa shape index (κ2) is 6.31. The van der Waals surface area contributed by atoms with Gasteiger partial charge in [0.05, 0.1) is 5.75 Å². The molecular weight excluding hydrogens is 239 g/mol. The zero-order valence-corrected chi connectivity index (χ0v) is 8.66. The number of thiol groups is 1. The molecule has 13 heavy (non-hydrogen) atoms. The van der Waals surface area contributed by atoms with Crippen LogP contribution in [0, 0.1) is 0 Å². The molecule has 1 aromatic rings. The van der Waals surface area contributed by atoms with E-state index in [1.165, 1.54) is 11.3 Å². The maximum atomic E-state index is 11.0. The van der Waals surface area contributed by atoms with Crippen LogP contribution in [0.1, 0.15) is 0 Å². The summed E-state index contributed by atoms with van der Waals surface area (Å²) in [5.74, 6) is 0.210. The molecule has 1 rings (SSSR count). The summed E-state index contributed by atoms with van der Waals surface area (Å²) in [4.78, 5) is 0. The summed E-state index contributed by atoms with van der Waals surface area (Å²) < 4.78 is 26.8. The fourth-order valence-electron chi connectivity index (χ4n) is 0.590. The Balaban J connectivity index is 0.00000144. The van der Waals surface area contributed by atoms with Gasteiger partial charge in [0, 0.05) is 5.75 Å². The molecule has 0 aromatic carbocycles. The van der Waals surface area contributed by atoms with E-state index in [1.54, 1.807) is 17.5 Å². The number of hydrogen-bond acceptors (Lipinski definition) is 5. The third-order valence-corrected chi connectivity index (χ3v) is 3.56. The molecule has 3 nitrogen and oxygen atoms in total. The molecular formula is C6H9NaO3S3. The number of hydrogen-bond donors (Lipinski definition) is 1. The SMILES string of the molecule is O=S(=O)(CCS)Oc1cccs1.[NaH]. The van der Waals surface area contributed by atoms with Crippen molar-refractivity contribution < 1.29 is 12.6 Å². The van der Waals surface area contributed by atoms with Gasteiger partial charge in [0.15, 0.2) is 5.06 Å². The molecule has 0 aliphatic heterocycles. The van der Waals surface area contributed by atoms with Crippen LogP contribution in [-0.4, -0.2) is 49.5 Å². The summed E-state index contributed by atoms with van der Waals surface area (Å²) in [6.45, 7) is 0. The molecule has 7 heteroatoms. The van der Waals surface area contributed by atoms with Crippen LogP contribution in [0.25, 0.3) is 0 Å². The summed E-state index contributed by atoms with van der Waals surface area (Å²) in [6.07, 6.45) is 0. The van der Waals surface area contributed by atoms with Gasteiger partial charge in [0.25, 0.3) is 0 Å². The van der Waals surface area contributed by atoms with E-state index in [9.17, 15) is 8.42 Å². The minimum absolute atomic E-state index is 0. The van der Waals surface area contributed by atoms with Crippen molar-refractivity contribution in [1.82, 2.24) is 0 Å². The van der Waals surface area contributed by atoms with E-state index in [1.807, 2.05) is 0 Å². The van der Waals surface area contributed by atoms with Gasteiger partial charge in [-0.15, -0.1) is 11.3 Å². The van der Waals surface area contributed by atoms with Crippen molar-refractivity contribution in [2.24, 2.45) is 0 Å². The summed E-state index contributed by atoms with van der Waals surface area (Å²) >= 11 is 5.06. The van der Waals surface area contributed by atoms with Crippen LogP contribution >= 0.6 is 24.0 Å². The first-order valence-electron chi connectivity index (χ1n) is 3.20. The first kappa shape index (κ1) is 13.8. The molecule has 0 amide bonds. The van der Waals surface area contributed by atoms with Gasteiger partial charge >= 0.3 is 39.7 Å². The van der Waals surface area contributed by atoms with Crippen molar-refractivity contribution in [2.45, 2.75) is 0 Å². The van der Waals surface area contributed by atoms with Crippen LogP contribution in [0.2, 0.25) is 0 Å². The van der Waals surface area contributed by atoms with E-state index in [2.05, 4.69) is 12.6 Å². The second-order valence-electron chi connectivity index (χ2n) is 2.00. The fourth-order valence-corrected chi connectivity index (χ4v) is 2.79. The van der Waals surface area contributed by atoms with E-state index in [0.29, 0.717) is 5.06 Å². The summed E-state index contributed by atoms with van der Waals surface area (Å²) in [5.41, 5.74) is 0. The third kappa shape index (κ3) is 5.29. The molecule has 0 saturated carbocycles. The molecule has 0 unspecified atom stereocenters. The molecule has 1 aromatic heterocycles. The molecule has 70 valence electrons. The molecule has 0 radical (unpaired) electrons. The Kier molecular flexibility index (Phi) is 6.70. The van der Waals surface area contributed by atoms with Gasteiger partial charge in [-0.25, -0.2) is 0 Å². The van der Waals surface area contributed by atoms with Crippen molar-refractivity contribution in [1.29, 1.82) is 0 Å². The Morgan fingerprint density at radius 1 is 1.54 bits per heavy atom. The third-order valence-electron chi connectivity index (χ3n) is 1.05. The van der Waals surface area contributed by atoms with E-state index >= 15 is 0 Å². The van der Waals surface area contributed by atoms with Gasteiger partial charge in [-0.2, -0.15) is 21.0 Å². The second-order valence-corrected chi connectivity index (χ2v) is 5.05. The molecule has 0 spiro atoms. The molecule has 0 fully saturated rings. The average Bonchev–Trinajstić information content (AvgIpc) is 2.38. The van der Waals surface area contributed by atoms with Crippen LogP contribution in [-0.2, 0) is 10.1 Å². The summed E-state index contributed by atoms with van der Waals surface area (Å²) in [6, 6.07) is 3.34. The Bertz CT molecular complexity index is 319. The molecule has 0 atom stereocenters. The van der Waals surface area contributed by atoms with Crippen LogP contribution < -0.4 is 4.18 Å². The minimum atomic E-state index is -3.42. The standard InChI is InChI=1S/C6H8O3S3.Na.H/c7-12(8,5-3-10)9-6-2-1-4-11-6;;/h1-2,4,10H,3,5H2;;. The molecule has 0 aliphatic carbocycles. The van der Waals surface area contributed by atoms with Gasteiger partial charge in [-0.1, -0.05) is 0 Å². The van der Waals surface area contributed by atoms with Crippen LogP contribution in [0.3, 0.4) is 0 Å². The van der Waals surface area contributed by atoms with E-state index in [4.69, 9.17) is 4.18 Å². The van der Waals surface area contributed by atoms with E-state index < -0.39 is 10.1 Å². The molecule has 0 N–H and O–H groups in total. The predicted molar refractivity (Wildman–Crippen MR) is 59.7 cm³/mol. The van der Waals surface area contributed by atoms with Gasteiger partial charge in [0.1, 0.15) is 0 Å². The monoisotopic (exact) mass is 248 g/mol. The van der Waals surface area contributed by atoms with Gasteiger partial charge < -0.3 is 4.18 Å². The average molecular weight is 248 g/mol. The van der Waals surface area contributed by atoms with Gasteiger partial charge in [0.2, 0.25) is 0 Å². The molecule has 0 bridgehead atoms. The van der Waals surface area contributed by atoms with Gasteiger partial charge in [-0.05, 0) is 17.5 Å². The van der Waals surface area contributed by atoms with Crippen molar-refractivity contribution in [3.05, 3.63) is 17.5 Å². The first-order valence-corrected chi connectivity index (χ1v) is 6.29. The predicted octanol–water partition coefficient (Wildman–Crippen LogP) is 0.738. The molecule has 1 heterocycles. The Morgan fingerprint density at radius 2 is 2.23 bits per heavy atom. The van der Waals surface area contributed by atoms with Crippen LogP contribution in [0.15, 0.2) is 17.5 Å². The quantitative estimate of drug-likeness (QED) is 0.485. The zero-order valence-electron chi connectivity index (χ0n) is 6.13. The Labute approximate surface area is 109 Å². The van der Waals surface area contributed by atoms with E-state index in [-0.39, 0.29) is 41.1 Å². The fraction of sp³-hybridized carbons (Fsp3) is 0.333. The summed E-state index contributed by atoms with van der Waals surface area (Å²) in [5, 5.41) is 2.16. The summed E-state index contributed by atoms with van der Waals surface area (Å²) in [7, 11) is -3.42. The molecule has 0 aliphatic rings. The Hall–Kier alpha value is 0.800. The van der Waals surface area contributed by atoms with Crippen molar-refractivity contribution in [2.75, 3.05) is 11.5 Å². The van der Waals surface area contributed by atoms with Crippen molar-refractivity contribution in [3.63, 3.8) is 0 Å². The van der Waals surface area contributed by atoms with Crippen LogP contribution in [0.4, 0.5) is 0 Å². The maximum absolute atomic E-state index is 11.0. The van der Waals surface area contributed by atoms with Crippen molar-refractivity contribution >= 4 is 63.6 Å². The zero-order chi connectivity index (χ0) is 9.03. The van der Waals surface area contributed by atoms with Crippen LogP contribution in [0.5, 0.6) is 5.06 Å². The van der Waals surface area contributed by atoms with E-state index in [0.717, 1.165) is 0 Å². The first-order chi connectivity index (χ1) is 5.64. The number of rotatable bonds is 4. The van der Waals surface area contributed by atoms with Crippen molar-refractivity contribution in [3.8, 4) is 5.06 Å². The Morgan fingerprint density at radius 3 is 2.69 bits per heavy atom.